The van der Waals surface area contributed by atoms with E-state index in [1.165, 1.54) is 30.0 Å². The smallest absolute Gasteiger partial charge is 0.335 e. The molecule has 1 saturated carbocycles. The largest absolute Gasteiger partial charge is 0.478 e. The second kappa shape index (κ2) is 8.92. The number of anilines is 1. The summed E-state index contributed by atoms with van der Waals surface area (Å²) in [4.78, 5) is 23.3. The van der Waals surface area contributed by atoms with Crippen LogP contribution >= 0.6 is 23.4 Å². The topological polar surface area (TPSA) is 92.5 Å². The van der Waals surface area contributed by atoms with Crippen molar-refractivity contribution < 1.29 is 19.2 Å². The first-order chi connectivity index (χ1) is 16.3. The number of para-hydroxylation sites is 1. The number of halogens is 2. The Balaban J connectivity index is 1.55. The number of alkyl halides is 1. The summed E-state index contributed by atoms with van der Waals surface area (Å²) >= 11 is 8.43. The van der Waals surface area contributed by atoms with Gasteiger partial charge in [-0.3, -0.25) is 10.1 Å². The van der Waals surface area contributed by atoms with E-state index in [4.69, 9.17) is 11.6 Å². The van der Waals surface area contributed by atoms with Crippen molar-refractivity contribution >= 4 is 40.7 Å². The van der Waals surface area contributed by atoms with Gasteiger partial charge >= 0.3 is 5.97 Å². The summed E-state index contributed by atoms with van der Waals surface area (Å²) in [5, 5.41) is 24.0. The Morgan fingerprint density at radius 1 is 1.15 bits per heavy atom. The van der Waals surface area contributed by atoms with E-state index in [2.05, 4.69) is 5.32 Å². The number of carbonyl (C=O) groups is 1. The van der Waals surface area contributed by atoms with Crippen molar-refractivity contribution in [2.24, 2.45) is 5.92 Å². The van der Waals surface area contributed by atoms with Crippen LogP contribution in [-0.4, -0.2) is 26.6 Å². The fourth-order valence-corrected chi connectivity index (χ4v) is 7.06. The summed E-state index contributed by atoms with van der Waals surface area (Å²) in [5.74, 6) is -1.53. The van der Waals surface area contributed by atoms with Crippen LogP contribution in [0.2, 0.25) is 0 Å². The predicted molar refractivity (Wildman–Crippen MR) is 129 cm³/mol. The van der Waals surface area contributed by atoms with Crippen LogP contribution in [0.1, 0.15) is 39.9 Å². The van der Waals surface area contributed by atoms with Gasteiger partial charge in [0.2, 0.25) is 0 Å². The lowest BCUT2D eigenvalue weighted by atomic mass is 9.77. The number of nitro benzene ring substituents is 1. The van der Waals surface area contributed by atoms with E-state index < -0.39 is 10.9 Å². The van der Waals surface area contributed by atoms with Crippen LogP contribution in [0, 0.1) is 21.8 Å². The molecule has 5 atom stereocenters. The molecular formula is C25H20ClFN2O4S. The number of carboxylic acids is 1. The van der Waals surface area contributed by atoms with Gasteiger partial charge in [0.25, 0.3) is 5.69 Å². The van der Waals surface area contributed by atoms with Gasteiger partial charge < -0.3 is 10.4 Å². The average Bonchev–Trinajstić information content (AvgIpc) is 3.15. The number of hydrogen-bond donors (Lipinski definition) is 2. The minimum atomic E-state index is -1.02. The maximum absolute atomic E-state index is 13.6. The lowest BCUT2D eigenvalue weighted by molar-refractivity contribution is -0.387. The van der Waals surface area contributed by atoms with Crippen LogP contribution in [0.3, 0.4) is 0 Å². The van der Waals surface area contributed by atoms with Crippen LogP contribution in [0.15, 0.2) is 71.6 Å². The molecular weight excluding hydrogens is 479 g/mol. The Bertz CT molecular complexity index is 1270. The van der Waals surface area contributed by atoms with E-state index in [9.17, 15) is 24.4 Å². The quantitative estimate of drug-likeness (QED) is 0.238. The number of nitro groups is 1. The molecule has 2 N–H and O–H groups in total. The van der Waals surface area contributed by atoms with Crippen LogP contribution in [0.4, 0.5) is 15.8 Å². The molecule has 2 aliphatic rings. The molecule has 34 heavy (non-hydrogen) atoms. The van der Waals surface area contributed by atoms with E-state index in [0.29, 0.717) is 11.3 Å². The monoisotopic (exact) mass is 498 g/mol. The van der Waals surface area contributed by atoms with E-state index in [1.807, 2.05) is 0 Å². The van der Waals surface area contributed by atoms with Crippen LogP contribution in [0.25, 0.3) is 0 Å². The highest BCUT2D eigenvalue weighted by Crippen LogP contribution is 2.58. The Hall–Kier alpha value is -3.10. The first-order valence-corrected chi connectivity index (χ1v) is 12.1. The molecule has 3 aromatic rings. The fraction of sp³-hybridized carbons (Fsp3) is 0.240. The molecule has 0 bridgehead atoms. The highest BCUT2D eigenvalue weighted by atomic mass is 35.5. The van der Waals surface area contributed by atoms with Gasteiger partial charge in [-0.1, -0.05) is 24.3 Å². The van der Waals surface area contributed by atoms with Gasteiger partial charge in [-0.05, 0) is 59.9 Å². The Labute approximate surface area is 204 Å². The van der Waals surface area contributed by atoms with Crippen molar-refractivity contribution in [1.82, 2.24) is 0 Å². The summed E-state index contributed by atoms with van der Waals surface area (Å²) < 4.78 is 13.6. The molecule has 1 aliphatic carbocycles. The highest BCUT2D eigenvalue weighted by molar-refractivity contribution is 8.00. The molecule has 6 nitrogen and oxygen atoms in total. The third-order valence-electron chi connectivity index (χ3n) is 6.63. The van der Waals surface area contributed by atoms with Crippen molar-refractivity contribution in [1.29, 1.82) is 0 Å². The fourth-order valence-electron chi connectivity index (χ4n) is 5.12. The molecule has 0 spiro atoms. The molecule has 0 amide bonds. The van der Waals surface area contributed by atoms with Gasteiger partial charge in [-0.2, -0.15) is 0 Å². The van der Waals surface area contributed by atoms with Gasteiger partial charge in [-0.25, -0.2) is 9.18 Å². The second-order valence-corrected chi connectivity index (χ2v) is 10.3. The number of hydrogen-bond acceptors (Lipinski definition) is 5. The summed E-state index contributed by atoms with van der Waals surface area (Å²) in [5.41, 5.74) is 2.74. The average molecular weight is 499 g/mol. The van der Waals surface area contributed by atoms with E-state index in [0.717, 1.165) is 16.8 Å². The number of fused-ring (bicyclic) bond motifs is 3. The normalized spacial score (nSPS) is 25.2. The van der Waals surface area contributed by atoms with E-state index >= 15 is 0 Å². The molecule has 3 aromatic carbocycles. The van der Waals surface area contributed by atoms with E-state index in [1.54, 1.807) is 48.5 Å². The third kappa shape index (κ3) is 4.01. The summed E-state index contributed by atoms with van der Waals surface area (Å²) in [6.07, 6.45) is 0.654. The number of thioether (sulfide) groups is 1. The number of carboxylic acid groups (broad SMARTS) is 1. The van der Waals surface area contributed by atoms with Crippen molar-refractivity contribution in [2.75, 3.05) is 5.32 Å². The van der Waals surface area contributed by atoms with Gasteiger partial charge in [0.1, 0.15) is 5.82 Å². The number of nitrogens with one attached hydrogen (secondary N) is 1. The standard InChI is InChI=1S/C25H20ClFN2O4S/c26-23-21(34-20-4-2-1-3-19(20)29(32)33)12-17-22(23)16-11-14(25(30)31)7-10-18(16)28-24(17)13-5-8-15(27)9-6-13/h1-11,17,21-24,28H,12H2,(H,30,31)/t17-,21+,22-,23+,24+/m0/s1. The van der Waals surface area contributed by atoms with Crippen LogP contribution in [-0.2, 0) is 0 Å². The number of nitrogens with zero attached hydrogens (tertiary/aromatic N) is 1. The molecule has 0 saturated heterocycles. The maximum Gasteiger partial charge on any atom is 0.335 e. The SMILES string of the molecule is O=C(O)c1ccc2c(c1)[C@@H]1[C@H](Cl)[C@H](Sc3ccccc3[N+](=O)[O-])C[C@@H]1[C@@H](c1ccc(F)cc1)N2. The lowest BCUT2D eigenvalue weighted by Gasteiger charge is -2.38. The van der Waals surface area contributed by atoms with E-state index in [-0.39, 0.29) is 45.6 Å². The molecule has 1 heterocycles. The Morgan fingerprint density at radius 2 is 1.88 bits per heavy atom. The van der Waals surface area contributed by atoms with Gasteiger partial charge in [0.05, 0.1) is 26.8 Å². The van der Waals surface area contributed by atoms with Crippen molar-refractivity contribution in [3.05, 3.63) is 99.4 Å². The van der Waals surface area contributed by atoms with Crippen LogP contribution in [0.5, 0.6) is 0 Å². The molecule has 5 rings (SSSR count). The zero-order chi connectivity index (χ0) is 24.0. The van der Waals surface area contributed by atoms with Gasteiger partial charge in [-0.15, -0.1) is 23.4 Å². The zero-order valence-electron chi connectivity index (χ0n) is 17.7. The molecule has 9 heteroatoms. The second-order valence-electron chi connectivity index (χ2n) is 8.53. The van der Waals surface area contributed by atoms with Crippen molar-refractivity contribution in [3.63, 3.8) is 0 Å². The minimum absolute atomic E-state index is 0.00947. The first-order valence-electron chi connectivity index (χ1n) is 10.8. The minimum Gasteiger partial charge on any atom is -0.478 e. The molecule has 1 fully saturated rings. The third-order valence-corrected chi connectivity index (χ3v) is 8.74. The Kier molecular flexibility index (Phi) is 5.95. The summed E-state index contributed by atoms with van der Waals surface area (Å²) in [6.45, 7) is 0. The summed E-state index contributed by atoms with van der Waals surface area (Å²) in [6, 6.07) is 17.7. The van der Waals surface area contributed by atoms with Crippen LogP contribution < -0.4 is 5.32 Å². The maximum atomic E-state index is 13.6. The molecule has 1 aliphatic heterocycles. The van der Waals surface area contributed by atoms with Crippen molar-refractivity contribution in [2.45, 2.75) is 33.9 Å². The van der Waals surface area contributed by atoms with Gasteiger partial charge in [0.15, 0.2) is 0 Å². The zero-order valence-corrected chi connectivity index (χ0v) is 19.3. The van der Waals surface area contributed by atoms with Crippen molar-refractivity contribution in [3.8, 4) is 0 Å². The Morgan fingerprint density at radius 3 is 2.59 bits per heavy atom. The highest BCUT2D eigenvalue weighted by Gasteiger charge is 2.50. The number of benzene rings is 3. The molecule has 0 aromatic heterocycles. The lowest BCUT2D eigenvalue weighted by Crippen LogP contribution is -2.31. The number of aromatic carboxylic acids is 1. The number of rotatable bonds is 5. The van der Waals surface area contributed by atoms with Gasteiger partial charge in [0, 0.05) is 22.9 Å². The molecule has 0 radical (unpaired) electrons. The summed E-state index contributed by atoms with van der Waals surface area (Å²) in [7, 11) is 0. The first kappa shape index (κ1) is 22.7. The predicted octanol–water partition coefficient (Wildman–Crippen LogP) is 6.47. The molecule has 0 unspecified atom stereocenters. The molecule has 174 valence electrons.